The number of carbonyl (C=O) groups is 2. The fourth-order valence-corrected chi connectivity index (χ4v) is 3.12. The highest BCUT2D eigenvalue weighted by molar-refractivity contribution is 7.99. The van der Waals surface area contributed by atoms with E-state index < -0.39 is 5.92 Å². The molecule has 1 aliphatic rings. The molecule has 2 N–H and O–H groups in total. The van der Waals surface area contributed by atoms with Gasteiger partial charge in [0.1, 0.15) is 0 Å². The second kappa shape index (κ2) is 7.23. The highest BCUT2D eigenvalue weighted by Gasteiger charge is 2.35. The van der Waals surface area contributed by atoms with Crippen molar-refractivity contribution in [3.8, 4) is 0 Å². The summed E-state index contributed by atoms with van der Waals surface area (Å²) < 4.78 is 0. The van der Waals surface area contributed by atoms with Gasteiger partial charge in [0, 0.05) is 23.7 Å². The van der Waals surface area contributed by atoms with Crippen LogP contribution < -0.4 is 10.2 Å². The predicted octanol–water partition coefficient (Wildman–Crippen LogP) is 2.56. The number of aromatic amines is 1. The number of halogens is 1. The third kappa shape index (κ3) is 3.70. The molecule has 0 saturated carbocycles. The fraction of sp³-hybridized carbons (Fsp3) is 0.333. The molecule has 0 radical (unpaired) electrons. The van der Waals surface area contributed by atoms with Crippen molar-refractivity contribution in [2.24, 2.45) is 5.92 Å². The Morgan fingerprint density at radius 2 is 2.21 bits per heavy atom. The van der Waals surface area contributed by atoms with Gasteiger partial charge in [-0.1, -0.05) is 30.3 Å². The number of benzene rings is 1. The fourth-order valence-electron chi connectivity index (χ4n) is 2.47. The standard InChI is InChI=1S/C15H16ClN5O2S/c1-2-24-15-18-14(19-20-15)17-13(23)9-7-12(22)21(8-9)11-5-3-10(16)4-6-11/h3-6,9H,2,7-8H2,1H3,(H2,17,18,19,20,23). The van der Waals surface area contributed by atoms with E-state index in [0.29, 0.717) is 22.7 Å². The number of carbonyl (C=O) groups excluding carboxylic acids is 2. The summed E-state index contributed by atoms with van der Waals surface area (Å²) in [6.07, 6.45) is 0.166. The lowest BCUT2D eigenvalue weighted by atomic mass is 10.1. The highest BCUT2D eigenvalue weighted by atomic mass is 35.5. The quantitative estimate of drug-likeness (QED) is 0.794. The lowest BCUT2D eigenvalue weighted by Crippen LogP contribution is -2.28. The third-order valence-corrected chi connectivity index (χ3v) is 4.60. The highest BCUT2D eigenvalue weighted by Crippen LogP contribution is 2.27. The molecule has 1 unspecified atom stereocenters. The van der Waals surface area contributed by atoms with Crippen LogP contribution in [0.2, 0.25) is 5.02 Å². The molecule has 0 aliphatic carbocycles. The summed E-state index contributed by atoms with van der Waals surface area (Å²) in [4.78, 5) is 30.3. The number of rotatable bonds is 5. The number of amides is 2. The number of aromatic nitrogens is 3. The molecule has 3 rings (SSSR count). The van der Waals surface area contributed by atoms with Gasteiger partial charge in [-0.2, -0.15) is 4.98 Å². The van der Waals surface area contributed by atoms with Crippen molar-refractivity contribution in [3.05, 3.63) is 29.3 Å². The first-order valence-corrected chi connectivity index (χ1v) is 8.85. The summed E-state index contributed by atoms with van der Waals surface area (Å²) in [5, 5.41) is 10.5. The zero-order chi connectivity index (χ0) is 17.1. The first-order valence-electron chi connectivity index (χ1n) is 7.49. The molecular formula is C15H16ClN5O2S. The molecule has 1 fully saturated rings. The van der Waals surface area contributed by atoms with Crippen LogP contribution in [0.25, 0.3) is 0 Å². The van der Waals surface area contributed by atoms with E-state index in [1.54, 1.807) is 29.2 Å². The molecule has 1 aliphatic heterocycles. The van der Waals surface area contributed by atoms with Gasteiger partial charge >= 0.3 is 0 Å². The average Bonchev–Trinajstić information content (AvgIpc) is 3.15. The zero-order valence-corrected chi connectivity index (χ0v) is 14.5. The molecule has 2 amide bonds. The monoisotopic (exact) mass is 365 g/mol. The number of nitrogens with zero attached hydrogens (tertiary/aromatic N) is 3. The number of H-pyrrole nitrogens is 1. The van der Waals surface area contributed by atoms with Crippen molar-refractivity contribution in [2.45, 2.75) is 18.5 Å². The first kappa shape index (κ1) is 16.8. The Hall–Kier alpha value is -2.06. The maximum Gasteiger partial charge on any atom is 0.232 e. The summed E-state index contributed by atoms with van der Waals surface area (Å²) in [6.45, 7) is 2.33. The van der Waals surface area contributed by atoms with Crippen LogP contribution in [0.5, 0.6) is 0 Å². The van der Waals surface area contributed by atoms with E-state index in [0.717, 1.165) is 11.4 Å². The molecule has 7 nitrogen and oxygen atoms in total. The Kier molecular flexibility index (Phi) is 5.06. The minimum absolute atomic E-state index is 0.0859. The van der Waals surface area contributed by atoms with E-state index in [9.17, 15) is 9.59 Å². The first-order chi connectivity index (χ1) is 11.6. The number of thioether (sulfide) groups is 1. The van der Waals surface area contributed by atoms with Gasteiger partial charge in [-0.25, -0.2) is 5.10 Å². The average molecular weight is 366 g/mol. The van der Waals surface area contributed by atoms with Gasteiger partial charge in [-0.15, -0.1) is 5.10 Å². The Balaban J connectivity index is 1.64. The van der Waals surface area contributed by atoms with Crippen molar-refractivity contribution in [1.29, 1.82) is 0 Å². The van der Waals surface area contributed by atoms with Crippen LogP contribution in [0.3, 0.4) is 0 Å². The molecule has 0 bridgehead atoms. The largest absolute Gasteiger partial charge is 0.312 e. The molecule has 1 aromatic heterocycles. The zero-order valence-electron chi connectivity index (χ0n) is 13.0. The summed E-state index contributed by atoms with van der Waals surface area (Å²) in [7, 11) is 0. The van der Waals surface area contributed by atoms with Crippen LogP contribution in [0.1, 0.15) is 13.3 Å². The molecule has 1 aromatic carbocycles. The van der Waals surface area contributed by atoms with Crippen molar-refractivity contribution >= 4 is 46.8 Å². The van der Waals surface area contributed by atoms with Crippen LogP contribution >= 0.6 is 23.4 Å². The molecule has 2 aromatic rings. The normalized spacial score (nSPS) is 17.3. The second-order valence-corrected chi connectivity index (χ2v) is 6.94. The van der Waals surface area contributed by atoms with Crippen LogP contribution in [0.15, 0.2) is 29.4 Å². The van der Waals surface area contributed by atoms with Gasteiger partial charge < -0.3 is 4.90 Å². The van der Waals surface area contributed by atoms with Crippen LogP contribution in [-0.2, 0) is 9.59 Å². The van der Waals surface area contributed by atoms with Gasteiger partial charge in [0.05, 0.1) is 5.92 Å². The molecule has 0 spiro atoms. The van der Waals surface area contributed by atoms with Crippen molar-refractivity contribution < 1.29 is 9.59 Å². The van der Waals surface area contributed by atoms with E-state index in [1.807, 2.05) is 6.92 Å². The molecule has 126 valence electrons. The molecule has 2 heterocycles. The third-order valence-electron chi connectivity index (χ3n) is 3.61. The maximum atomic E-state index is 12.4. The molecule has 1 saturated heterocycles. The number of anilines is 2. The van der Waals surface area contributed by atoms with Crippen molar-refractivity contribution in [3.63, 3.8) is 0 Å². The lowest BCUT2D eigenvalue weighted by molar-refractivity contribution is -0.122. The predicted molar refractivity (Wildman–Crippen MR) is 93.3 cm³/mol. The Bertz CT molecular complexity index is 749. The summed E-state index contributed by atoms with van der Waals surface area (Å²) in [5.41, 5.74) is 0.737. The smallest absolute Gasteiger partial charge is 0.232 e. The summed E-state index contributed by atoms with van der Waals surface area (Å²) in [5.74, 6) is 0.383. The van der Waals surface area contributed by atoms with Gasteiger partial charge in [0.25, 0.3) is 0 Å². The van der Waals surface area contributed by atoms with E-state index in [2.05, 4.69) is 20.5 Å². The Labute approximate surface area is 148 Å². The van der Waals surface area contributed by atoms with Crippen LogP contribution in [-0.4, -0.2) is 39.3 Å². The maximum absolute atomic E-state index is 12.4. The van der Waals surface area contributed by atoms with E-state index in [4.69, 9.17) is 11.6 Å². The number of hydrogen-bond acceptors (Lipinski definition) is 5. The van der Waals surface area contributed by atoms with Gasteiger partial charge in [-0.05, 0) is 30.0 Å². The van der Waals surface area contributed by atoms with E-state index in [-0.39, 0.29) is 18.2 Å². The van der Waals surface area contributed by atoms with Crippen LogP contribution in [0.4, 0.5) is 11.6 Å². The second-order valence-electron chi connectivity index (χ2n) is 5.27. The summed E-state index contributed by atoms with van der Waals surface area (Å²) >= 11 is 7.34. The summed E-state index contributed by atoms with van der Waals surface area (Å²) in [6, 6.07) is 6.98. The Morgan fingerprint density at radius 1 is 1.46 bits per heavy atom. The van der Waals surface area contributed by atoms with E-state index >= 15 is 0 Å². The number of nitrogens with one attached hydrogen (secondary N) is 2. The van der Waals surface area contributed by atoms with Crippen molar-refractivity contribution in [1.82, 2.24) is 15.2 Å². The molecule has 9 heteroatoms. The van der Waals surface area contributed by atoms with Crippen LogP contribution in [0, 0.1) is 5.92 Å². The van der Waals surface area contributed by atoms with Gasteiger partial charge in [-0.3, -0.25) is 14.9 Å². The number of hydrogen-bond donors (Lipinski definition) is 2. The molecule has 1 atom stereocenters. The molecular weight excluding hydrogens is 350 g/mol. The topological polar surface area (TPSA) is 91.0 Å². The minimum atomic E-state index is -0.430. The Morgan fingerprint density at radius 3 is 2.92 bits per heavy atom. The van der Waals surface area contributed by atoms with Crippen molar-refractivity contribution in [2.75, 3.05) is 22.5 Å². The molecule has 24 heavy (non-hydrogen) atoms. The van der Waals surface area contributed by atoms with Gasteiger partial charge in [0.2, 0.25) is 22.9 Å². The minimum Gasteiger partial charge on any atom is -0.312 e. The van der Waals surface area contributed by atoms with E-state index in [1.165, 1.54) is 11.8 Å². The lowest BCUT2D eigenvalue weighted by Gasteiger charge is -2.16. The SMILES string of the molecule is CCSc1n[nH]c(NC(=O)C2CC(=O)N(c3ccc(Cl)cc3)C2)n1. The van der Waals surface area contributed by atoms with Gasteiger partial charge in [0.15, 0.2) is 0 Å².